The van der Waals surface area contributed by atoms with Crippen molar-refractivity contribution in [3.8, 4) is 0 Å². The molecule has 0 radical (unpaired) electrons. The number of nitrogen functional groups attached to an aromatic ring is 1. The fourth-order valence-corrected chi connectivity index (χ4v) is 2.86. The molecule has 1 atom stereocenters. The normalized spacial score (nSPS) is 12.0. The van der Waals surface area contributed by atoms with E-state index in [1.54, 1.807) is 13.0 Å². The molecule has 2 heterocycles. The molecule has 0 fully saturated rings. The first-order chi connectivity index (χ1) is 10.0. The Kier molecular flexibility index (Phi) is 5.03. The number of nitrogens with two attached hydrogens (primary N) is 1. The molecular weight excluding hydrogens is 310 g/mol. The summed E-state index contributed by atoms with van der Waals surface area (Å²) in [6, 6.07) is 5.29. The highest BCUT2D eigenvalue weighted by atomic mass is 35.5. The van der Waals surface area contributed by atoms with Crippen LogP contribution in [0.5, 0.6) is 0 Å². The Morgan fingerprint density at radius 1 is 1.57 bits per heavy atom. The third-order valence-corrected chi connectivity index (χ3v) is 4.19. The number of anilines is 2. The lowest BCUT2D eigenvalue weighted by atomic mass is 10.2. The second-order valence-corrected chi connectivity index (χ2v) is 6.14. The van der Waals surface area contributed by atoms with Crippen LogP contribution in [-0.2, 0) is 4.74 Å². The summed E-state index contributed by atoms with van der Waals surface area (Å²) in [6.45, 7) is 4.01. The Bertz CT molecular complexity index is 645. The van der Waals surface area contributed by atoms with Crippen molar-refractivity contribution in [1.29, 1.82) is 0 Å². The number of carbonyl (C=O) groups excluding carboxylic acids is 1. The number of rotatable bonds is 5. The summed E-state index contributed by atoms with van der Waals surface area (Å²) in [5.74, 6) is -0.00381. The third kappa shape index (κ3) is 3.86. The summed E-state index contributed by atoms with van der Waals surface area (Å²) < 4.78 is 5.74. The topological polar surface area (TPSA) is 77.2 Å². The molecule has 0 aliphatic carbocycles. The number of carbonyl (C=O) groups is 1. The number of thiophene rings is 1. The number of esters is 1. The van der Waals surface area contributed by atoms with Crippen LogP contribution < -0.4 is 11.1 Å². The van der Waals surface area contributed by atoms with Gasteiger partial charge in [-0.15, -0.1) is 11.3 Å². The summed E-state index contributed by atoms with van der Waals surface area (Å²) in [4.78, 5) is 17.2. The first-order valence-corrected chi connectivity index (χ1v) is 7.65. The Labute approximate surface area is 132 Å². The molecule has 1 unspecified atom stereocenters. The van der Waals surface area contributed by atoms with Crippen LogP contribution in [0.25, 0.3) is 0 Å². The molecule has 0 saturated carbocycles. The number of hydrogen-bond acceptors (Lipinski definition) is 6. The Morgan fingerprint density at radius 3 is 2.95 bits per heavy atom. The van der Waals surface area contributed by atoms with Crippen molar-refractivity contribution >= 4 is 40.4 Å². The summed E-state index contributed by atoms with van der Waals surface area (Å²) in [6.07, 6.45) is 1.50. The van der Waals surface area contributed by atoms with Crippen LogP contribution in [0.3, 0.4) is 0 Å². The van der Waals surface area contributed by atoms with E-state index in [9.17, 15) is 4.79 Å². The number of aromatic nitrogens is 1. The Balaban J connectivity index is 2.24. The summed E-state index contributed by atoms with van der Waals surface area (Å²) in [5, 5.41) is 3.19. The zero-order chi connectivity index (χ0) is 15.4. The molecule has 5 nitrogen and oxygen atoms in total. The van der Waals surface area contributed by atoms with Gasteiger partial charge in [-0.2, -0.15) is 0 Å². The first kappa shape index (κ1) is 15.6. The van der Waals surface area contributed by atoms with Crippen molar-refractivity contribution in [3.05, 3.63) is 39.2 Å². The minimum absolute atomic E-state index is 0.0354. The molecular formula is C14H16ClN3O2S. The van der Waals surface area contributed by atoms with Crippen molar-refractivity contribution in [2.75, 3.05) is 17.7 Å². The van der Waals surface area contributed by atoms with Gasteiger partial charge in [0.2, 0.25) is 0 Å². The minimum Gasteiger partial charge on any atom is -0.462 e. The largest absolute Gasteiger partial charge is 0.462 e. The lowest BCUT2D eigenvalue weighted by Gasteiger charge is -2.15. The van der Waals surface area contributed by atoms with E-state index in [4.69, 9.17) is 22.1 Å². The van der Waals surface area contributed by atoms with Crippen LogP contribution in [0, 0.1) is 0 Å². The third-order valence-electron chi connectivity index (χ3n) is 2.78. The monoisotopic (exact) mass is 325 g/mol. The molecule has 0 bridgehead atoms. The highest BCUT2D eigenvalue weighted by Gasteiger charge is 2.17. The van der Waals surface area contributed by atoms with E-state index >= 15 is 0 Å². The summed E-state index contributed by atoms with van der Waals surface area (Å²) in [7, 11) is 0. The average Bonchev–Trinajstić information content (AvgIpc) is 2.87. The van der Waals surface area contributed by atoms with Crippen LogP contribution in [0.2, 0.25) is 4.34 Å². The SMILES string of the molecule is CCOC(=O)c1cc(N)cnc1NC(C)c1ccc(Cl)s1. The second kappa shape index (κ2) is 6.78. The molecule has 0 spiro atoms. The molecule has 7 heteroatoms. The van der Waals surface area contributed by atoms with E-state index < -0.39 is 5.97 Å². The number of hydrogen-bond donors (Lipinski definition) is 2. The molecule has 2 aromatic heterocycles. The smallest absolute Gasteiger partial charge is 0.341 e. The van der Waals surface area contributed by atoms with Gasteiger partial charge in [0.25, 0.3) is 0 Å². The zero-order valence-electron chi connectivity index (χ0n) is 11.7. The molecule has 2 aromatic rings. The molecule has 112 valence electrons. The zero-order valence-corrected chi connectivity index (χ0v) is 13.3. The molecule has 21 heavy (non-hydrogen) atoms. The number of pyridine rings is 1. The van der Waals surface area contributed by atoms with E-state index in [0.29, 0.717) is 23.7 Å². The van der Waals surface area contributed by atoms with Gasteiger partial charge in [-0.1, -0.05) is 11.6 Å². The van der Waals surface area contributed by atoms with Gasteiger partial charge in [-0.25, -0.2) is 9.78 Å². The van der Waals surface area contributed by atoms with Gasteiger partial charge < -0.3 is 15.8 Å². The Morgan fingerprint density at radius 2 is 2.33 bits per heavy atom. The van der Waals surface area contributed by atoms with Crippen LogP contribution in [0.4, 0.5) is 11.5 Å². The number of nitrogens with zero attached hydrogens (tertiary/aromatic N) is 1. The predicted molar refractivity (Wildman–Crippen MR) is 86.0 cm³/mol. The lowest BCUT2D eigenvalue weighted by Crippen LogP contribution is -2.14. The van der Waals surface area contributed by atoms with Gasteiger partial charge >= 0.3 is 5.97 Å². The summed E-state index contributed by atoms with van der Waals surface area (Å²) in [5.41, 5.74) is 6.43. The molecule has 0 saturated heterocycles. The average molecular weight is 326 g/mol. The standard InChI is InChI=1S/C14H16ClN3O2S/c1-3-20-14(19)10-6-9(16)7-17-13(10)18-8(2)11-4-5-12(15)21-11/h4-8H,3,16H2,1-2H3,(H,17,18). The molecule has 2 rings (SSSR count). The van der Waals surface area contributed by atoms with Crippen LogP contribution in [0.15, 0.2) is 24.4 Å². The van der Waals surface area contributed by atoms with Crippen molar-refractivity contribution < 1.29 is 9.53 Å². The van der Waals surface area contributed by atoms with E-state index in [2.05, 4.69) is 10.3 Å². The van der Waals surface area contributed by atoms with Crippen molar-refractivity contribution in [3.63, 3.8) is 0 Å². The fourth-order valence-electron chi connectivity index (χ4n) is 1.80. The fraction of sp³-hybridized carbons (Fsp3) is 0.286. The minimum atomic E-state index is -0.448. The van der Waals surface area contributed by atoms with Crippen LogP contribution >= 0.6 is 22.9 Å². The maximum atomic E-state index is 12.0. The van der Waals surface area contributed by atoms with Gasteiger partial charge in [-0.05, 0) is 32.0 Å². The van der Waals surface area contributed by atoms with Gasteiger partial charge in [0.05, 0.1) is 28.9 Å². The second-order valence-electron chi connectivity index (χ2n) is 4.39. The number of ether oxygens (including phenoxy) is 1. The highest BCUT2D eigenvalue weighted by molar-refractivity contribution is 7.16. The number of halogens is 1. The van der Waals surface area contributed by atoms with Crippen LogP contribution in [0.1, 0.15) is 35.1 Å². The molecule has 0 aliphatic rings. The maximum absolute atomic E-state index is 12.0. The quantitative estimate of drug-likeness (QED) is 0.819. The van der Waals surface area contributed by atoms with Crippen molar-refractivity contribution in [2.24, 2.45) is 0 Å². The van der Waals surface area contributed by atoms with E-state index in [-0.39, 0.29) is 6.04 Å². The Hall–Kier alpha value is -1.79. The van der Waals surface area contributed by atoms with Crippen molar-refractivity contribution in [1.82, 2.24) is 4.98 Å². The van der Waals surface area contributed by atoms with Crippen molar-refractivity contribution in [2.45, 2.75) is 19.9 Å². The molecule has 0 amide bonds. The molecule has 3 N–H and O–H groups in total. The summed E-state index contributed by atoms with van der Waals surface area (Å²) >= 11 is 7.41. The predicted octanol–water partition coefficient (Wildman–Crippen LogP) is 3.73. The number of nitrogens with one attached hydrogen (secondary N) is 1. The van der Waals surface area contributed by atoms with E-state index in [1.165, 1.54) is 17.5 Å². The molecule has 0 aliphatic heterocycles. The van der Waals surface area contributed by atoms with Gasteiger partial charge in [0.1, 0.15) is 11.4 Å². The van der Waals surface area contributed by atoms with E-state index in [0.717, 1.165) is 9.21 Å². The van der Waals surface area contributed by atoms with Crippen LogP contribution in [-0.4, -0.2) is 17.6 Å². The van der Waals surface area contributed by atoms with Gasteiger partial charge in [0, 0.05) is 4.88 Å². The molecule has 0 aromatic carbocycles. The van der Waals surface area contributed by atoms with E-state index in [1.807, 2.05) is 19.1 Å². The van der Waals surface area contributed by atoms with Gasteiger partial charge in [-0.3, -0.25) is 0 Å². The first-order valence-electron chi connectivity index (χ1n) is 6.45. The maximum Gasteiger partial charge on any atom is 0.341 e. The highest BCUT2D eigenvalue weighted by Crippen LogP contribution is 2.29. The van der Waals surface area contributed by atoms with Gasteiger partial charge in [0.15, 0.2) is 0 Å². The lowest BCUT2D eigenvalue weighted by molar-refractivity contribution is 0.0527.